The molecule has 1 nitrogen and oxygen atoms in total. The first-order valence-corrected chi connectivity index (χ1v) is 7.72. The van der Waals surface area contributed by atoms with Crippen LogP contribution in [0.25, 0.3) is 0 Å². The molecule has 1 heteroatoms. The van der Waals surface area contributed by atoms with E-state index in [1.165, 1.54) is 36.8 Å². The average Bonchev–Trinajstić information content (AvgIpc) is 2.52. The third kappa shape index (κ3) is 4.82. The lowest BCUT2D eigenvalue weighted by atomic mass is 10.00. The highest BCUT2D eigenvalue weighted by Gasteiger charge is 2.10. The zero-order valence-corrected chi connectivity index (χ0v) is 12.4. The summed E-state index contributed by atoms with van der Waals surface area (Å²) in [7, 11) is 0. The minimum atomic E-state index is 0.461. The van der Waals surface area contributed by atoms with E-state index in [1.807, 2.05) is 0 Å². The number of benzene rings is 2. The van der Waals surface area contributed by atoms with Gasteiger partial charge in [0.2, 0.25) is 0 Å². The zero-order chi connectivity index (χ0) is 14.0. The molecule has 1 atom stereocenters. The molecule has 2 rings (SSSR count). The summed E-state index contributed by atoms with van der Waals surface area (Å²) in [4.78, 5) is 0. The lowest BCUT2D eigenvalue weighted by Crippen LogP contribution is -2.20. The van der Waals surface area contributed by atoms with E-state index in [9.17, 15) is 0 Å². The van der Waals surface area contributed by atoms with Gasteiger partial charge in [0.25, 0.3) is 0 Å². The van der Waals surface area contributed by atoms with Gasteiger partial charge in [-0.05, 0) is 17.5 Å². The molecule has 0 aromatic heterocycles. The molecular weight excluding hydrogens is 242 g/mol. The predicted molar refractivity (Wildman–Crippen MR) is 86.6 cm³/mol. The van der Waals surface area contributed by atoms with Crippen molar-refractivity contribution in [3.05, 3.63) is 71.8 Å². The van der Waals surface area contributed by atoms with Crippen LogP contribution in [0, 0.1) is 0 Å². The summed E-state index contributed by atoms with van der Waals surface area (Å²) in [6.45, 7) is 3.20. The Balaban J connectivity index is 1.95. The molecule has 0 amide bonds. The quantitative estimate of drug-likeness (QED) is 0.656. The molecule has 0 bridgehead atoms. The van der Waals surface area contributed by atoms with Crippen molar-refractivity contribution in [1.82, 2.24) is 5.32 Å². The minimum absolute atomic E-state index is 0.461. The van der Waals surface area contributed by atoms with Gasteiger partial charge in [0.1, 0.15) is 0 Å². The Morgan fingerprint density at radius 1 is 0.850 bits per heavy atom. The first kappa shape index (κ1) is 14.8. The highest BCUT2D eigenvalue weighted by atomic mass is 14.9. The Morgan fingerprint density at radius 2 is 1.50 bits per heavy atom. The molecule has 0 saturated carbocycles. The zero-order valence-electron chi connectivity index (χ0n) is 12.4. The van der Waals surface area contributed by atoms with Crippen LogP contribution in [-0.4, -0.2) is 0 Å². The number of rotatable bonds is 8. The van der Waals surface area contributed by atoms with Crippen molar-refractivity contribution in [1.29, 1.82) is 0 Å². The smallest absolute Gasteiger partial charge is 0.0323 e. The van der Waals surface area contributed by atoms with Crippen LogP contribution in [-0.2, 0) is 6.54 Å². The number of hydrogen-bond acceptors (Lipinski definition) is 1. The number of hydrogen-bond donors (Lipinski definition) is 1. The number of nitrogens with one attached hydrogen (secondary N) is 1. The third-order valence-electron chi connectivity index (χ3n) is 3.69. The van der Waals surface area contributed by atoms with E-state index >= 15 is 0 Å². The van der Waals surface area contributed by atoms with Crippen LogP contribution in [0.1, 0.15) is 49.8 Å². The van der Waals surface area contributed by atoms with Crippen molar-refractivity contribution in [3.63, 3.8) is 0 Å². The highest BCUT2D eigenvalue weighted by molar-refractivity contribution is 5.20. The fourth-order valence-electron chi connectivity index (χ4n) is 2.51. The first-order valence-electron chi connectivity index (χ1n) is 7.72. The summed E-state index contributed by atoms with van der Waals surface area (Å²) in [6, 6.07) is 21.9. The molecular formula is C19H25N. The lowest BCUT2D eigenvalue weighted by Gasteiger charge is -2.19. The fourth-order valence-corrected chi connectivity index (χ4v) is 2.51. The second kappa shape index (κ2) is 8.55. The van der Waals surface area contributed by atoms with E-state index < -0.39 is 0 Å². The maximum atomic E-state index is 3.71. The lowest BCUT2D eigenvalue weighted by molar-refractivity contribution is 0.473. The summed E-state index contributed by atoms with van der Waals surface area (Å²) in [5, 5.41) is 3.71. The highest BCUT2D eigenvalue weighted by Crippen LogP contribution is 2.20. The summed E-state index contributed by atoms with van der Waals surface area (Å²) in [5.41, 5.74) is 2.75. The van der Waals surface area contributed by atoms with Gasteiger partial charge >= 0.3 is 0 Å². The van der Waals surface area contributed by atoms with Crippen LogP contribution in [0.2, 0.25) is 0 Å². The van der Waals surface area contributed by atoms with E-state index in [4.69, 9.17) is 0 Å². The van der Waals surface area contributed by atoms with Gasteiger partial charge in [0, 0.05) is 12.6 Å². The van der Waals surface area contributed by atoms with Crippen LogP contribution in [0.15, 0.2) is 60.7 Å². The first-order chi connectivity index (χ1) is 9.90. The molecule has 0 radical (unpaired) electrons. The van der Waals surface area contributed by atoms with Crippen molar-refractivity contribution >= 4 is 0 Å². The summed E-state index contributed by atoms with van der Waals surface area (Å²) >= 11 is 0. The van der Waals surface area contributed by atoms with Gasteiger partial charge in [-0.3, -0.25) is 0 Å². The van der Waals surface area contributed by atoms with Crippen molar-refractivity contribution in [3.8, 4) is 0 Å². The van der Waals surface area contributed by atoms with E-state index in [2.05, 4.69) is 72.9 Å². The Morgan fingerprint density at radius 3 is 2.15 bits per heavy atom. The van der Waals surface area contributed by atoms with Gasteiger partial charge in [-0.15, -0.1) is 0 Å². The van der Waals surface area contributed by atoms with Crippen LogP contribution >= 0.6 is 0 Å². The molecule has 1 unspecified atom stereocenters. The van der Waals surface area contributed by atoms with Crippen LogP contribution < -0.4 is 5.32 Å². The van der Waals surface area contributed by atoms with E-state index in [0.717, 1.165) is 6.54 Å². The van der Waals surface area contributed by atoms with Crippen molar-refractivity contribution in [2.45, 2.75) is 45.2 Å². The second-order valence-electron chi connectivity index (χ2n) is 5.33. The van der Waals surface area contributed by atoms with Crippen LogP contribution in [0.5, 0.6) is 0 Å². The largest absolute Gasteiger partial charge is 0.306 e. The minimum Gasteiger partial charge on any atom is -0.306 e. The molecule has 2 aromatic rings. The van der Waals surface area contributed by atoms with Crippen molar-refractivity contribution in [2.75, 3.05) is 0 Å². The number of unbranched alkanes of at least 4 members (excludes halogenated alkanes) is 2. The maximum absolute atomic E-state index is 3.71. The summed E-state index contributed by atoms with van der Waals surface area (Å²) in [6.07, 6.45) is 5.10. The predicted octanol–water partition coefficient (Wildman–Crippen LogP) is 5.10. The van der Waals surface area contributed by atoms with Gasteiger partial charge in [0.15, 0.2) is 0 Å². The molecule has 106 valence electrons. The topological polar surface area (TPSA) is 12.0 Å². The van der Waals surface area contributed by atoms with Crippen LogP contribution in [0.4, 0.5) is 0 Å². The van der Waals surface area contributed by atoms with Crippen molar-refractivity contribution in [2.24, 2.45) is 0 Å². The molecule has 0 spiro atoms. The van der Waals surface area contributed by atoms with Gasteiger partial charge in [-0.1, -0.05) is 86.8 Å². The molecule has 0 aliphatic rings. The summed E-state index contributed by atoms with van der Waals surface area (Å²) in [5.74, 6) is 0. The fraction of sp³-hybridized carbons (Fsp3) is 0.368. The molecule has 0 fully saturated rings. The van der Waals surface area contributed by atoms with Gasteiger partial charge in [0.05, 0.1) is 0 Å². The molecule has 0 saturated heterocycles. The molecule has 1 N–H and O–H groups in total. The Hall–Kier alpha value is -1.60. The van der Waals surface area contributed by atoms with Crippen LogP contribution in [0.3, 0.4) is 0 Å². The molecule has 0 aliphatic heterocycles. The monoisotopic (exact) mass is 267 g/mol. The van der Waals surface area contributed by atoms with Gasteiger partial charge in [-0.2, -0.15) is 0 Å². The second-order valence-corrected chi connectivity index (χ2v) is 5.33. The Bertz CT molecular complexity index is 464. The standard InChI is InChI=1S/C19H25N/c1-2-3-6-15-19(18-13-9-5-10-14-18)20-16-17-11-7-4-8-12-17/h4-5,7-14,19-20H,2-3,6,15-16H2,1H3. The third-order valence-corrected chi connectivity index (χ3v) is 3.69. The Labute approximate surface area is 123 Å². The average molecular weight is 267 g/mol. The summed E-state index contributed by atoms with van der Waals surface area (Å²) < 4.78 is 0. The molecule has 0 heterocycles. The Kier molecular flexibility index (Phi) is 6.33. The van der Waals surface area contributed by atoms with E-state index in [-0.39, 0.29) is 0 Å². The maximum Gasteiger partial charge on any atom is 0.0323 e. The van der Waals surface area contributed by atoms with E-state index in [1.54, 1.807) is 0 Å². The van der Waals surface area contributed by atoms with Gasteiger partial charge in [-0.25, -0.2) is 0 Å². The normalized spacial score (nSPS) is 12.2. The van der Waals surface area contributed by atoms with Crippen molar-refractivity contribution < 1.29 is 0 Å². The van der Waals surface area contributed by atoms with E-state index in [0.29, 0.717) is 6.04 Å². The molecule has 2 aromatic carbocycles. The molecule has 0 aliphatic carbocycles. The SMILES string of the molecule is CCCCCC(NCc1ccccc1)c1ccccc1. The molecule has 20 heavy (non-hydrogen) atoms. The van der Waals surface area contributed by atoms with Gasteiger partial charge < -0.3 is 5.32 Å².